The van der Waals surface area contributed by atoms with E-state index in [-0.39, 0.29) is 30.3 Å². The number of allylic oxidation sites excluding steroid dienone is 2. The highest BCUT2D eigenvalue weighted by Crippen LogP contribution is 2.28. The summed E-state index contributed by atoms with van der Waals surface area (Å²) in [5.74, 6) is -0.394. The largest absolute Gasteiger partial charge is 0.396 e. The van der Waals surface area contributed by atoms with Crippen molar-refractivity contribution in [2.24, 2.45) is 11.8 Å². The topological polar surface area (TPSA) is 69.6 Å². The first-order chi connectivity index (χ1) is 10.2. The van der Waals surface area contributed by atoms with Crippen LogP contribution in [-0.4, -0.2) is 48.1 Å². The van der Waals surface area contributed by atoms with Gasteiger partial charge < -0.3 is 15.3 Å². The maximum atomic E-state index is 12.7. The van der Waals surface area contributed by atoms with Gasteiger partial charge in [-0.1, -0.05) is 12.2 Å². The summed E-state index contributed by atoms with van der Waals surface area (Å²) in [6, 6.07) is 0. The summed E-state index contributed by atoms with van der Waals surface area (Å²) in [7, 11) is 0. The number of aliphatic hydroxyl groups excluding tert-OH is 1. The zero-order chi connectivity index (χ0) is 15.1. The summed E-state index contributed by atoms with van der Waals surface area (Å²) in [5.41, 5.74) is 0. The van der Waals surface area contributed by atoms with Gasteiger partial charge in [-0.15, -0.1) is 0 Å². The van der Waals surface area contributed by atoms with Gasteiger partial charge in [0.15, 0.2) is 0 Å². The lowest BCUT2D eigenvalue weighted by molar-refractivity contribution is -0.142. The van der Waals surface area contributed by atoms with Crippen LogP contribution in [0, 0.1) is 11.8 Å². The lowest BCUT2D eigenvalue weighted by Gasteiger charge is -2.34. The molecule has 0 saturated carbocycles. The quantitative estimate of drug-likeness (QED) is 0.589. The van der Waals surface area contributed by atoms with Crippen LogP contribution < -0.4 is 5.32 Å². The van der Waals surface area contributed by atoms with Gasteiger partial charge in [0.05, 0.1) is 11.8 Å². The van der Waals surface area contributed by atoms with E-state index in [0.29, 0.717) is 25.8 Å². The zero-order valence-electron chi connectivity index (χ0n) is 12.6. The maximum Gasteiger partial charge on any atom is 0.226 e. The fourth-order valence-electron chi connectivity index (χ4n) is 3.15. The van der Waals surface area contributed by atoms with Crippen LogP contribution in [0.15, 0.2) is 12.2 Å². The number of rotatable bonds is 5. The summed E-state index contributed by atoms with van der Waals surface area (Å²) >= 11 is 0. The SMILES string of the molecule is O=C(NCCCO)C1CC=CCC1C(=O)N1CCCCC1. The first-order valence-corrected chi connectivity index (χ1v) is 8.06. The van der Waals surface area contributed by atoms with Crippen molar-refractivity contribution in [3.8, 4) is 0 Å². The highest BCUT2D eigenvalue weighted by molar-refractivity contribution is 5.88. The molecule has 21 heavy (non-hydrogen) atoms. The second kappa shape index (κ2) is 8.17. The minimum atomic E-state index is -0.261. The smallest absolute Gasteiger partial charge is 0.226 e. The number of hydrogen-bond donors (Lipinski definition) is 2. The summed E-state index contributed by atoms with van der Waals surface area (Å²) in [6.45, 7) is 2.21. The van der Waals surface area contributed by atoms with E-state index < -0.39 is 0 Å². The van der Waals surface area contributed by atoms with Gasteiger partial charge in [0, 0.05) is 26.2 Å². The molecule has 1 heterocycles. The first kappa shape index (κ1) is 16.0. The molecule has 2 amide bonds. The molecule has 5 nitrogen and oxygen atoms in total. The highest BCUT2D eigenvalue weighted by Gasteiger charge is 2.36. The van der Waals surface area contributed by atoms with E-state index in [9.17, 15) is 9.59 Å². The van der Waals surface area contributed by atoms with Crippen LogP contribution >= 0.6 is 0 Å². The molecule has 1 aliphatic heterocycles. The van der Waals surface area contributed by atoms with E-state index in [4.69, 9.17) is 5.11 Å². The Morgan fingerprint density at radius 2 is 1.76 bits per heavy atom. The Balaban J connectivity index is 1.96. The number of nitrogens with zero attached hydrogens (tertiary/aromatic N) is 1. The van der Waals surface area contributed by atoms with Crippen molar-refractivity contribution in [2.45, 2.75) is 38.5 Å². The van der Waals surface area contributed by atoms with Crippen molar-refractivity contribution in [2.75, 3.05) is 26.2 Å². The lowest BCUT2D eigenvalue weighted by Crippen LogP contribution is -2.46. The molecule has 0 aromatic rings. The van der Waals surface area contributed by atoms with Gasteiger partial charge in [-0.2, -0.15) is 0 Å². The summed E-state index contributed by atoms with van der Waals surface area (Å²) in [5, 5.41) is 11.6. The molecule has 1 fully saturated rings. The van der Waals surface area contributed by atoms with Crippen LogP contribution in [0.2, 0.25) is 0 Å². The first-order valence-electron chi connectivity index (χ1n) is 8.06. The third-order valence-corrected chi connectivity index (χ3v) is 4.39. The molecule has 2 unspecified atom stereocenters. The Morgan fingerprint density at radius 1 is 1.10 bits per heavy atom. The third kappa shape index (κ3) is 4.30. The third-order valence-electron chi connectivity index (χ3n) is 4.39. The average Bonchev–Trinajstić information content (AvgIpc) is 2.55. The molecular weight excluding hydrogens is 268 g/mol. The molecule has 2 aliphatic rings. The van der Waals surface area contributed by atoms with Crippen LogP contribution in [0.1, 0.15) is 38.5 Å². The molecule has 5 heteroatoms. The van der Waals surface area contributed by atoms with Crippen LogP contribution in [-0.2, 0) is 9.59 Å². The number of carbonyl (C=O) groups excluding carboxylic acids is 2. The van der Waals surface area contributed by atoms with Crippen molar-refractivity contribution in [1.82, 2.24) is 10.2 Å². The fraction of sp³-hybridized carbons (Fsp3) is 0.750. The minimum absolute atomic E-state index is 0.0526. The number of amides is 2. The summed E-state index contributed by atoms with van der Waals surface area (Å²) in [6.07, 6.45) is 9.20. The Labute approximate surface area is 126 Å². The molecule has 0 spiro atoms. The van der Waals surface area contributed by atoms with E-state index in [2.05, 4.69) is 5.32 Å². The van der Waals surface area contributed by atoms with Crippen molar-refractivity contribution in [1.29, 1.82) is 0 Å². The van der Waals surface area contributed by atoms with Crippen LogP contribution in [0.25, 0.3) is 0 Å². The minimum Gasteiger partial charge on any atom is -0.396 e. The molecule has 1 aliphatic carbocycles. The van der Waals surface area contributed by atoms with Crippen LogP contribution in [0.4, 0.5) is 0 Å². The van der Waals surface area contributed by atoms with E-state index >= 15 is 0 Å². The standard InChI is InChI=1S/C16H26N2O3/c19-12-6-9-17-15(20)13-7-2-3-8-14(13)16(21)18-10-4-1-5-11-18/h2-3,13-14,19H,1,4-12H2,(H,17,20). The lowest BCUT2D eigenvalue weighted by atomic mass is 9.81. The molecule has 1 saturated heterocycles. The molecule has 2 atom stereocenters. The molecule has 118 valence electrons. The highest BCUT2D eigenvalue weighted by atomic mass is 16.3. The molecule has 2 rings (SSSR count). The number of carbonyl (C=O) groups is 2. The normalized spacial score (nSPS) is 25.7. The summed E-state index contributed by atoms with van der Waals surface area (Å²) in [4.78, 5) is 26.9. The Hall–Kier alpha value is -1.36. The zero-order valence-corrected chi connectivity index (χ0v) is 12.6. The summed E-state index contributed by atoms with van der Waals surface area (Å²) < 4.78 is 0. The number of piperidine rings is 1. The second-order valence-corrected chi connectivity index (χ2v) is 5.91. The van der Waals surface area contributed by atoms with E-state index in [1.54, 1.807) is 0 Å². The van der Waals surface area contributed by atoms with Gasteiger partial charge >= 0.3 is 0 Å². The number of aliphatic hydroxyl groups is 1. The second-order valence-electron chi connectivity index (χ2n) is 5.91. The maximum absolute atomic E-state index is 12.7. The molecule has 0 aromatic heterocycles. The van der Waals surface area contributed by atoms with Gasteiger partial charge in [0.1, 0.15) is 0 Å². The number of nitrogens with one attached hydrogen (secondary N) is 1. The van der Waals surface area contributed by atoms with Gasteiger partial charge in [0.2, 0.25) is 11.8 Å². The predicted octanol–water partition coefficient (Wildman–Crippen LogP) is 1.08. The van der Waals surface area contributed by atoms with Gasteiger partial charge in [0.25, 0.3) is 0 Å². The Bertz CT molecular complexity index is 389. The molecule has 0 aromatic carbocycles. The van der Waals surface area contributed by atoms with Gasteiger partial charge in [-0.05, 0) is 38.5 Å². The van der Waals surface area contributed by atoms with Crippen LogP contribution in [0.5, 0.6) is 0 Å². The fourth-order valence-corrected chi connectivity index (χ4v) is 3.15. The number of hydrogen-bond acceptors (Lipinski definition) is 3. The molecule has 0 radical (unpaired) electrons. The number of likely N-dealkylation sites (tertiary alicyclic amines) is 1. The molecular formula is C16H26N2O3. The van der Waals surface area contributed by atoms with E-state index in [1.807, 2.05) is 17.1 Å². The average molecular weight is 294 g/mol. The molecule has 2 N–H and O–H groups in total. The van der Waals surface area contributed by atoms with Gasteiger partial charge in [-0.25, -0.2) is 0 Å². The van der Waals surface area contributed by atoms with Crippen LogP contribution in [0.3, 0.4) is 0 Å². The van der Waals surface area contributed by atoms with Crippen molar-refractivity contribution >= 4 is 11.8 Å². The van der Waals surface area contributed by atoms with Crippen molar-refractivity contribution < 1.29 is 14.7 Å². The monoisotopic (exact) mass is 294 g/mol. The van der Waals surface area contributed by atoms with E-state index in [0.717, 1.165) is 25.9 Å². The van der Waals surface area contributed by atoms with E-state index in [1.165, 1.54) is 6.42 Å². The van der Waals surface area contributed by atoms with Crippen molar-refractivity contribution in [3.05, 3.63) is 12.2 Å². The van der Waals surface area contributed by atoms with Crippen molar-refractivity contribution in [3.63, 3.8) is 0 Å². The Morgan fingerprint density at radius 3 is 2.43 bits per heavy atom. The molecule has 0 bridgehead atoms. The predicted molar refractivity (Wildman–Crippen MR) is 80.5 cm³/mol. The van der Waals surface area contributed by atoms with Gasteiger partial charge in [-0.3, -0.25) is 9.59 Å². The Kier molecular flexibility index (Phi) is 6.23.